The molecule has 0 aliphatic heterocycles. The minimum Gasteiger partial charge on any atom is -0.454 e. The minimum atomic E-state index is -0.196. The number of aryl methyl sites for hydroxylation is 1. The Balaban J connectivity index is 2.10. The molecule has 1 saturated carbocycles. The maximum absolute atomic E-state index is 12.4. The van der Waals surface area contributed by atoms with Crippen LogP contribution in [0.2, 0.25) is 0 Å². The predicted molar refractivity (Wildman–Crippen MR) is 78.2 cm³/mol. The van der Waals surface area contributed by atoms with Gasteiger partial charge in [0.1, 0.15) is 13.2 Å². The standard InChI is InChI=1S/C17H26NO2/c1-12(2)14-9-8-13(3)11-16(14)20-17(19)15-7-5-6-10-18(15)4/h5-7,10,12-14,16H,8-9,11H2,1-4H3/q+1. The van der Waals surface area contributed by atoms with E-state index in [0.29, 0.717) is 23.4 Å². The van der Waals surface area contributed by atoms with Crippen molar-refractivity contribution in [1.82, 2.24) is 0 Å². The number of nitrogens with zero attached hydrogens (tertiary/aromatic N) is 1. The Kier molecular flexibility index (Phi) is 4.79. The van der Waals surface area contributed by atoms with E-state index in [1.165, 1.54) is 6.42 Å². The van der Waals surface area contributed by atoms with Gasteiger partial charge in [0, 0.05) is 12.1 Å². The molecule has 3 nitrogen and oxygen atoms in total. The fourth-order valence-corrected chi connectivity index (χ4v) is 3.18. The third-order valence-electron chi connectivity index (χ3n) is 4.48. The lowest BCUT2D eigenvalue weighted by molar-refractivity contribution is -0.674. The highest BCUT2D eigenvalue weighted by atomic mass is 16.5. The quantitative estimate of drug-likeness (QED) is 0.627. The van der Waals surface area contributed by atoms with Crippen molar-refractivity contribution in [3.8, 4) is 0 Å². The van der Waals surface area contributed by atoms with Gasteiger partial charge in [-0.05, 0) is 36.7 Å². The normalized spacial score (nSPS) is 26.6. The van der Waals surface area contributed by atoms with Crippen LogP contribution in [0, 0.1) is 17.8 Å². The molecule has 1 aliphatic carbocycles. The van der Waals surface area contributed by atoms with Crippen molar-refractivity contribution in [1.29, 1.82) is 0 Å². The van der Waals surface area contributed by atoms with Gasteiger partial charge in [-0.3, -0.25) is 0 Å². The van der Waals surface area contributed by atoms with Gasteiger partial charge in [0.05, 0.1) is 0 Å². The molecule has 1 aromatic rings. The van der Waals surface area contributed by atoms with Crippen molar-refractivity contribution in [2.75, 3.05) is 0 Å². The van der Waals surface area contributed by atoms with Crippen molar-refractivity contribution in [2.24, 2.45) is 24.8 Å². The highest BCUT2D eigenvalue weighted by molar-refractivity contribution is 5.85. The van der Waals surface area contributed by atoms with Crippen molar-refractivity contribution < 1.29 is 14.1 Å². The Bertz CT molecular complexity index is 470. The Labute approximate surface area is 122 Å². The number of hydrogen-bond acceptors (Lipinski definition) is 2. The van der Waals surface area contributed by atoms with Crippen molar-refractivity contribution in [3.63, 3.8) is 0 Å². The lowest BCUT2D eigenvalue weighted by Gasteiger charge is -2.36. The third-order valence-corrected chi connectivity index (χ3v) is 4.48. The molecule has 1 aliphatic rings. The zero-order valence-corrected chi connectivity index (χ0v) is 13.0. The summed E-state index contributed by atoms with van der Waals surface area (Å²) in [6.07, 6.45) is 5.34. The first-order valence-corrected chi connectivity index (χ1v) is 7.64. The lowest BCUT2D eigenvalue weighted by atomic mass is 9.75. The number of carbonyl (C=O) groups excluding carboxylic acids is 1. The largest absolute Gasteiger partial charge is 0.454 e. The fourth-order valence-electron chi connectivity index (χ4n) is 3.18. The molecule has 3 unspecified atom stereocenters. The summed E-state index contributed by atoms with van der Waals surface area (Å²) in [5, 5.41) is 0. The summed E-state index contributed by atoms with van der Waals surface area (Å²) in [4.78, 5) is 12.4. The molecule has 0 radical (unpaired) electrons. The summed E-state index contributed by atoms with van der Waals surface area (Å²) < 4.78 is 7.66. The highest BCUT2D eigenvalue weighted by Gasteiger charge is 2.34. The molecule has 0 amide bonds. The highest BCUT2D eigenvalue weighted by Crippen LogP contribution is 2.35. The summed E-state index contributed by atoms with van der Waals surface area (Å²) in [5.41, 5.74) is 0.619. The summed E-state index contributed by atoms with van der Waals surface area (Å²) in [6.45, 7) is 6.70. The van der Waals surface area contributed by atoms with Crippen molar-refractivity contribution >= 4 is 5.97 Å². The first kappa shape index (κ1) is 15.0. The van der Waals surface area contributed by atoms with Gasteiger partial charge in [-0.2, -0.15) is 4.57 Å². The molecular formula is C17H26NO2+. The maximum atomic E-state index is 12.4. The predicted octanol–water partition coefficient (Wildman–Crippen LogP) is 3.13. The molecule has 1 aromatic heterocycles. The van der Waals surface area contributed by atoms with Crippen LogP contribution in [0.25, 0.3) is 0 Å². The Morgan fingerprint density at radius 2 is 2.10 bits per heavy atom. The zero-order chi connectivity index (χ0) is 14.7. The van der Waals surface area contributed by atoms with E-state index >= 15 is 0 Å². The molecule has 0 aromatic carbocycles. The van der Waals surface area contributed by atoms with Crippen LogP contribution in [-0.4, -0.2) is 12.1 Å². The van der Waals surface area contributed by atoms with Gasteiger partial charge < -0.3 is 4.74 Å². The second-order valence-corrected chi connectivity index (χ2v) is 6.47. The monoisotopic (exact) mass is 276 g/mol. The van der Waals surface area contributed by atoms with E-state index < -0.39 is 0 Å². The molecule has 1 heterocycles. The van der Waals surface area contributed by atoms with Crippen LogP contribution >= 0.6 is 0 Å². The Hall–Kier alpha value is -1.38. The molecule has 110 valence electrons. The summed E-state index contributed by atoms with van der Waals surface area (Å²) in [7, 11) is 1.88. The van der Waals surface area contributed by atoms with Crippen LogP contribution in [0.4, 0.5) is 0 Å². The number of rotatable bonds is 3. The second kappa shape index (κ2) is 6.38. The van der Waals surface area contributed by atoms with E-state index in [1.54, 1.807) is 0 Å². The van der Waals surface area contributed by atoms with Gasteiger partial charge in [-0.15, -0.1) is 0 Å². The number of ether oxygens (including phenoxy) is 1. The van der Waals surface area contributed by atoms with E-state index in [9.17, 15) is 4.79 Å². The fraction of sp³-hybridized carbons (Fsp3) is 0.647. The number of hydrogen-bond donors (Lipinski definition) is 0. The third kappa shape index (κ3) is 3.38. The first-order chi connectivity index (χ1) is 9.49. The molecule has 0 bridgehead atoms. The summed E-state index contributed by atoms with van der Waals surface area (Å²) in [5.74, 6) is 1.50. The zero-order valence-electron chi connectivity index (χ0n) is 13.0. The molecule has 1 fully saturated rings. The number of carbonyl (C=O) groups is 1. The molecule has 0 spiro atoms. The molecule has 0 saturated heterocycles. The van der Waals surface area contributed by atoms with Gasteiger partial charge in [0.25, 0.3) is 5.69 Å². The SMILES string of the molecule is CC1CCC(C(C)C)C(OC(=O)c2cccc[n+]2C)C1. The van der Waals surface area contributed by atoms with Crippen LogP contribution in [0.3, 0.4) is 0 Å². The molecule has 0 N–H and O–H groups in total. The summed E-state index contributed by atoms with van der Waals surface area (Å²) in [6, 6.07) is 5.61. The van der Waals surface area contributed by atoms with E-state index in [4.69, 9.17) is 4.74 Å². The van der Waals surface area contributed by atoms with E-state index in [0.717, 1.165) is 12.8 Å². The second-order valence-electron chi connectivity index (χ2n) is 6.47. The number of esters is 1. The maximum Gasteiger partial charge on any atom is 0.403 e. The number of pyridine rings is 1. The van der Waals surface area contributed by atoms with Crippen LogP contribution in [0.5, 0.6) is 0 Å². The Morgan fingerprint density at radius 1 is 1.35 bits per heavy atom. The van der Waals surface area contributed by atoms with Gasteiger partial charge in [0.15, 0.2) is 6.20 Å². The number of aromatic nitrogens is 1. The Morgan fingerprint density at radius 3 is 2.75 bits per heavy atom. The van der Waals surface area contributed by atoms with E-state index in [1.807, 2.05) is 36.0 Å². The average Bonchev–Trinajstić information content (AvgIpc) is 2.38. The average molecular weight is 276 g/mol. The molecule has 3 heteroatoms. The van der Waals surface area contributed by atoms with Crippen LogP contribution < -0.4 is 4.57 Å². The van der Waals surface area contributed by atoms with Gasteiger partial charge >= 0.3 is 5.97 Å². The molecule has 20 heavy (non-hydrogen) atoms. The molecule has 2 rings (SSSR count). The van der Waals surface area contributed by atoms with Crippen LogP contribution in [0.15, 0.2) is 24.4 Å². The van der Waals surface area contributed by atoms with Gasteiger partial charge in [0.2, 0.25) is 0 Å². The molecule has 3 atom stereocenters. The lowest BCUT2D eigenvalue weighted by Crippen LogP contribution is -2.40. The van der Waals surface area contributed by atoms with E-state index in [-0.39, 0.29) is 12.1 Å². The topological polar surface area (TPSA) is 30.2 Å². The van der Waals surface area contributed by atoms with Gasteiger partial charge in [-0.25, -0.2) is 4.79 Å². The van der Waals surface area contributed by atoms with E-state index in [2.05, 4.69) is 20.8 Å². The van der Waals surface area contributed by atoms with Crippen LogP contribution in [-0.2, 0) is 11.8 Å². The smallest absolute Gasteiger partial charge is 0.403 e. The van der Waals surface area contributed by atoms with Gasteiger partial charge in [-0.1, -0.05) is 27.2 Å². The summed E-state index contributed by atoms with van der Waals surface area (Å²) >= 11 is 0. The minimum absolute atomic E-state index is 0.0615. The molecular weight excluding hydrogens is 250 g/mol. The first-order valence-electron chi connectivity index (χ1n) is 7.64. The van der Waals surface area contributed by atoms with Crippen LogP contribution in [0.1, 0.15) is 50.5 Å². The van der Waals surface area contributed by atoms with Crippen molar-refractivity contribution in [3.05, 3.63) is 30.1 Å². The van der Waals surface area contributed by atoms with Crippen molar-refractivity contribution in [2.45, 2.75) is 46.1 Å².